The number of anilines is 1. The third-order valence-corrected chi connectivity index (χ3v) is 3.61. The molecule has 20 heavy (non-hydrogen) atoms. The highest BCUT2D eigenvalue weighted by molar-refractivity contribution is 9.10. The number of rotatable bonds is 3. The van der Waals surface area contributed by atoms with E-state index >= 15 is 0 Å². The highest BCUT2D eigenvalue weighted by Gasteiger charge is 2.12. The molecule has 102 valence electrons. The third kappa shape index (κ3) is 3.03. The van der Waals surface area contributed by atoms with Crippen LogP contribution >= 0.6 is 15.9 Å². The fourth-order valence-electron chi connectivity index (χ4n) is 1.68. The van der Waals surface area contributed by atoms with Crippen molar-refractivity contribution in [2.75, 3.05) is 5.32 Å². The van der Waals surface area contributed by atoms with E-state index in [9.17, 15) is 9.59 Å². The molecule has 0 saturated carbocycles. The molecule has 0 aliphatic carbocycles. The highest BCUT2D eigenvalue weighted by atomic mass is 79.9. The normalized spacial score (nSPS) is 10.1. The molecule has 6 heteroatoms. The number of carboxylic acids is 1. The van der Waals surface area contributed by atoms with Crippen LogP contribution in [0.3, 0.4) is 0 Å². The Labute approximate surface area is 123 Å². The number of benzene rings is 1. The molecule has 1 aromatic heterocycles. The highest BCUT2D eigenvalue weighted by Crippen LogP contribution is 2.20. The molecule has 0 atom stereocenters. The number of carboxylic acid groups (broad SMARTS) is 1. The van der Waals surface area contributed by atoms with Gasteiger partial charge in [-0.25, -0.2) is 9.78 Å². The lowest BCUT2D eigenvalue weighted by atomic mass is 10.1. The number of nitrogens with one attached hydrogen (secondary N) is 1. The molecule has 1 heterocycles. The summed E-state index contributed by atoms with van der Waals surface area (Å²) >= 11 is 3.36. The Bertz CT molecular complexity index is 686. The molecule has 0 fully saturated rings. The fraction of sp³-hybridized carbons (Fsp3) is 0.0714. The van der Waals surface area contributed by atoms with E-state index in [4.69, 9.17) is 5.11 Å². The maximum Gasteiger partial charge on any atom is 0.354 e. The zero-order valence-corrected chi connectivity index (χ0v) is 12.1. The molecule has 0 aliphatic rings. The Morgan fingerprint density at radius 1 is 1.30 bits per heavy atom. The minimum atomic E-state index is -1.14. The summed E-state index contributed by atoms with van der Waals surface area (Å²) in [5.74, 6) is -1.44. The zero-order valence-electron chi connectivity index (χ0n) is 10.6. The Balaban J connectivity index is 2.26. The number of amides is 1. The first kappa shape index (κ1) is 14.2. The Morgan fingerprint density at radius 2 is 2.05 bits per heavy atom. The summed E-state index contributed by atoms with van der Waals surface area (Å²) in [6.45, 7) is 1.83. The molecule has 0 aliphatic heterocycles. The van der Waals surface area contributed by atoms with E-state index in [1.54, 1.807) is 12.1 Å². The maximum atomic E-state index is 12.2. The van der Waals surface area contributed by atoms with Crippen LogP contribution in [0.15, 0.2) is 41.0 Å². The van der Waals surface area contributed by atoms with Crippen LogP contribution in [-0.2, 0) is 0 Å². The van der Waals surface area contributed by atoms with Crippen LogP contribution in [0.5, 0.6) is 0 Å². The van der Waals surface area contributed by atoms with E-state index in [1.165, 1.54) is 18.3 Å². The summed E-state index contributed by atoms with van der Waals surface area (Å²) in [7, 11) is 0. The van der Waals surface area contributed by atoms with E-state index in [1.807, 2.05) is 13.0 Å². The van der Waals surface area contributed by atoms with Gasteiger partial charge >= 0.3 is 5.97 Å². The van der Waals surface area contributed by atoms with E-state index in [0.29, 0.717) is 11.3 Å². The maximum absolute atomic E-state index is 12.2. The Morgan fingerprint density at radius 3 is 2.75 bits per heavy atom. The number of carbonyl (C=O) groups is 2. The molecular formula is C14H11BrN2O3. The van der Waals surface area contributed by atoms with Crippen LogP contribution in [-0.4, -0.2) is 22.0 Å². The minimum Gasteiger partial charge on any atom is -0.477 e. The fourth-order valence-corrected chi connectivity index (χ4v) is 2.04. The van der Waals surface area contributed by atoms with E-state index in [2.05, 4.69) is 26.2 Å². The van der Waals surface area contributed by atoms with Crippen molar-refractivity contribution in [2.45, 2.75) is 6.92 Å². The van der Waals surface area contributed by atoms with Gasteiger partial charge in [0.15, 0.2) is 0 Å². The summed E-state index contributed by atoms with van der Waals surface area (Å²) < 4.78 is 0.839. The van der Waals surface area contributed by atoms with Crippen LogP contribution in [0.4, 0.5) is 5.69 Å². The van der Waals surface area contributed by atoms with Crippen molar-refractivity contribution in [3.63, 3.8) is 0 Å². The van der Waals surface area contributed by atoms with E-state index < -0.39 is 5.97 Å². The topological polar surface area (TPSA) is 79.3 Å². The lowest BCUT2D eigenvalue weighted by Crippen LogP contribution is -2.14. The average Bonchev–Trinajstić information content (AvgIpc) is 2.42. The molecule has 5 nitrogen and oxygen atoms in total. The van der Waals surface area contributed by atoms with Crippen molar-refractivity contribution < 1.29 is 14.7 Å². The molecular weight excluding hydrogens is 324 g/mol. The largest absolute Gasteiger partial charge is 0.477 e. The predicted octanol–water partition coefficient (Wildman–Crippen LogP) is 3.10. The van der Waals surface area contributed by atoms with Crippen LogP contribution in [0.1, 0.15) is 26.4 Å². The van der Waals surface area contributed by atoms with Gasteiger partial charge in [0.05, 0.1) is 0 Å². The lowest BCUT2D eigenvalue weighted by molar-refractivity contribution is 0.0690. The van der Waals surface area contributed by atoms with Crippen molar-refractivity contribution in [1.82, 2.24) is 4.98 Å². The van der Waals surface area contributed by atoms with E-state index in [0.717, 1.165) is 10.0 Å². The first-order valence-electron chi connectivity index (χ1n) is 5.75. The van der Waals surface area contributed by atoms with Crippen molar-refractivity contribution in [3.8, 4) is 0 Å². The standard InChI is InChI=1S/C14H11BrN2O3/c1-8-10(3-2-4-11(8)15)13(18)17-9-5-6-16-12(7-9)14(19)20/h2-7H,1H3,(H,19,20)(H,16,17,18). The third-order valence-electron chi connectivity index (χ3n) is 2.75. The van der Waals surface area contributed by atoms with Crippen LogP contribution in [0.2, 0.25) is 0 Å². The molecule has 2 rings (SSSR count). The second-order valence-corrected chi connectivity index (χ2v) is 4.96. The Kier molecular flexibility index (Phi) is 4.14. The van der Waals surface area contributed by atoms with Crippen molar-refractivity contribution in [3.05, 3.63) is 57.8 Å². The summed E-state index contributed by atoms with van der Waals surface area (Å²) in [5.41, 5.74) is 1.61. The van der Waals surface area contributed by atoms with Gasteiger partial charge in [-0.15, -0.1) is 0 Å². The van der Waals surface area contributed by atoms with Crippen molar-refractivity contribution in [1.29, 1.82) is 0 Å². The molecule has 2 N–H and O–H groups in total. The lowest BCUT2D eigenvalue weighted by Gasteiger charge is -2.09. The average molecular weight is 335 g/mol. The van der Waals surface area contributed by atoms with Crippen molar-refractivity contribution in [2.24, 2.45) is 0 Å². The Hall–Kier alpha value is -2.21. The van der Waals surface area contributed by atoms with Gasteiger partial charge in [0.25, 0.3) is 5.91 Å². The van der Waals surface area contributed by atoms with Gasteiger partial charge in [-0.05, 0) is 36.8 Å². The summed E-state index contributed by atoms with van der Waals surface area (Å²) in [6.07, 6.45) is 1.34. The summed E-state index contributed by atoms with van der Waals surface area (Å²) in [4.78, 5) is 26.7. The van der Waals surface area contributed by atoms with Crippen molar-refractivity contribution >= 4 is 33.5 Å². The number of aromatic nitrogens is 1. The molecule has 0 unspecified atom stereocenters. The van der Waals surface area contributed by atoms with Crippen LogP contribution < -0.4 is 5.32 Å². The number of pyridine rings is 1. The molecule has 0 saturated heterocycles. The molecule has 1 aromatic carbocycles. The molecule has 2 aromatic rings. The van der Waals surface area contributed by atoms with Gasteiger partial charge < -0.3 is 10.4 Å². The predicted molar refractivity (Wildman–Crippen MR) is 78.0 cm³/mol. The SMILES string of the molecule is Cc1c(Br)cccc1C(=O)Nc1ccnc(C(=O)O)c1. The van der Waals surface area contributed by atoms with Crippen LogP contribution in [0, 0.1) is 6.92 Å². The van der Waals surface area contributed by atoms with Crippen LogP contribution in [0.25, 0.3) is 0 Å². The molecule has 0 spiro atoms. The quantitative estimate of drug-likeness (QED) is 0.903. The van der Waals surface area contributed by atoms with Gasteiger partial charge in [-0.2, -0.15) is 0 Å². The number of aromatic carboxylic acids is 1. The van der Waals surface area contributed by atoms with Gasteiger partial charge in [-0.3, -0.25) is 4.79 Å². The first-order chi connectivity index (χ1) is 9.49. The number of hydrogen-bond acceptors (Lipinski definition) is 3. The number of nitrogens with zero attached hydrogens (tertiary/aromatic N) is 1. The monoisotopic (exact) mass is 334 g/mol. The number of hydrogen-bond donors (Lipinski definition) is 2. The summed E-state index contributed by atoms with van der Waals surface area (Å²) in [5, 5.41) is 11.5. The molecule has 0 bridgehead atoms. The first-order valence-corrected chi connectivity index (χ1v) is 6.54. The molecule has 0 radical (unpaired) electrons. The van der Waals surface area contributed by atoms with Gasteiger partial charge in [-0.1, -0.05) is 22.0 Å². The number of carbonyl (C=O) groups excluding carboxylic acids is 1. The van der Waals surface area contributed by atoms with Gasteiger partial charge in [0, 0.05) is 21.9 Å². The number of halogens is 1. The summed E-state index contributed by atoms with van der Waals surface area (Å²) in [6, 6.07) is 8.17. The minimum absolute atomic E-state index is 0.117. The van der Waals surface area contributed by atoms with Gasteiger partial charge in [0.1, 0.15) is 5.69 Å². The van der Waals surface area contributed by atoms with Gasteiger partial charge in [0.2, 0.25) is 0 Å². The second-order valence-electron chi connectivity index (χ2n) is 4.10. The second kappa shape index (κ2) is 5.83. The zero-order chi connectivity index (χ0) is 14.7. The smallest absolute Gasteiger partial charge is 0.354 e. The molecule has 1 amide bonds. The van der Waals surface area contributed by atoms with E-state index in [-0.39, 0.29) is 11.6 Å².